The van der Waals surface area contributed by atoms with Crippen molar-refractivity contribution in [3.63, 3.8) is 0 Å². The number of aromatic nitrogens is 3. The number of piperidine rings is 1. The summed E-state index contributed by atoms with van der Waals surface area (Å²) in [6.07, 6.45) is 6.88. The second-order valence-electron chi connectivity index (χ2n) is 7.18. The fraction of sp³-hybridized carbons (Fsp3) is 0.333. The maximum atomic E-state index is 12.5. The standard InChI is InChI=1S/C21H20N4O3/c26-20(17-13-22-14-27-17)25-9-7-21(8-10-25)18-16(6-11-28-21)12-23-19(24-18)15-4-2-1-3-5-15/h1-5,12-14H,6-11H2. The molecule has 4 heterocycles. The highest BCUT2D eigenvalue weighted by molar-refractivity contribution is 5.91. The normalized spacial score (nSPS) is 18.1. The molecule has 5 rings (SSSR count). The lowest BCUT2D eigenvalue weighted by Crippen LogP contribution is -2.48. The zero-order chi connectivity index (χ0) is 19.0. The van der Waals surface area contributed by atoms with Crippen LogP contribution in [0.2, 0.25) is 0 Å². The molecular weight excluding hydrogens is 356 g/mol. The van der Waals surface area contributed by atoms with Gasteiger partial charge in [-0.1, -0.05) is 30.3 Å². The van der Waals surface area contributed by atoms with Crippen LogP contribution in [0, 0.1) is 0 Å². The number of nitrogens with zero attached hydrogens (tertiary/aromatic N) is 4. The van der Waals surface area contributed by atoms with Crippen LogP contribution in [0.5, 0.6) is 0 Å². The molecule has 1 spiro atoms. The molecule has 7 heteroatoms. The second kappa shape index (κ2) is 6.83. The van der Waals surface area contributed by atoms with Crippen LogP contribution in [0.4, 0.5) is 0 Å². The molecule has 28 heavy (non-hydrogen) atoms. The maximum Gasteiger partial charge on any atom is 0.291 e. The van der Waals surface area contributed by atoms with Gasteiger partial charge in [0.2, 0.25) is 5.76 Å². The predicted octanol–water partition coefficient (Wildman–Crippen LogP) is 2.84. The van der Waals surface area contributed by atoms with Crippen LogP contribution < -0.4 is 0 Å². The van der Waals surface area contributed by atoms with Gasteiger partial charge in [-0.05, 0) is 24.8 Å². The van der Waals surface area contributed by atoms with Crippen molar-refractivity contribution in [2.24, 2.45) is 0 Å². The Morgan fingerprint density at radius 3 is 2.68 bits per heavy atom. The third kappa shape index (κ3) is 2.88. The number of hydrogen-bond donors (Lipinski definition) is 0. The van der Waals surface area contributed by atoms with Crippen molar-refractivity contribution in [1.82, 2.24) is 19.9 Å². The Kier molecular flexibility index (Phi) is 4.16. The smallest absolute Gasteiger partial charge is 0.291 e. The van der Waals surface area contributed by atoms with Crippen molar-refractivity contribution in [2.45, 2.75) is 24.9 Å². The van der Waals surface area contributed by atoms with E-state index in [0.717, 1.165) is 23.2 Å². The number of oxazole rings is 1. The van der Waals surface area contributed by atoms with Gasteiger partial charge in [-0.15, -0.1) is 0 Å². The Bertz CT molecular complexity index is 980. The Hall–Kier alpha value is -3.06. The van der Waals surface area contributed by atoms with Crippen molar-refractivity contribution in [3.05, 3.63) is 66.1 Å². The molecule has 7 nitrogen and oxygen atoms in total. The van der Waals surface area contributed by atoms with Gasteiger partial charge >= 0.3 is 0 Å². The quantitative estimate of drug-likeness (QED) is 0.684. The van der Waals surface area contributed by atoms with Gasteiger partial charge in [0.15, 0.2) is 12.2 Å². The van der Waals surface area contributed by atoms with Gasteiger partial charge in [0.1, 0.15) is 5.60 Å². The van der Waals surface area contributed by atoms with Crippen LogP contribution in [0.15, 0.2) is 53.5 Å². The molecule has 0 saturated carbocycles. The first-order chi connectivity index (χ1) is 13.8. The van der Waals surface area contributed by atoms with Crippen molar-refractivity contribution in [2.75, 3.05) is 19.7 Å². The molecule has 142 valence electrons. The first-order valence-electron chi connectivity index (χ1n) is 9.49. The van der Waals surface area contributed by atoms with Crippen LogP contribution in [0.25, 0.3) is 11.4 Å². The fourth-order valence-electron chi connectivity index (χ4n) is 4.06. The van der Waals surface area contributed by atoms with Crippen LogP contribution >= 0.6 is 0 Å². The average molecular weight is 376 g/mol. The molecule has 3 aromatic rings. The van der Waals surface area contributed by atoms with E-state index in [4.69, 9.17) is 14.1 Å². The highest BCUT2D eigenvalue weighted by Gasteiger charge is 2.43. The Labute approximate surface area is 162 Å². The van der Waals surface area contributed by atoms with Gasteiger partial charge < -0.3 is 14.1 Å². The number of benzene rings is 1. The van der Waals surface area contributed by atoms with E-state index >= 15 is 0 Å². The number of likely N-dealkylation sites (tertiary alicyclic amines) is 1. The second-order valence-corrected chi connectivity index (χ2v) is 7.18. The molecular formula is C21H20N4O3. The molecule has 0 aliphatic carbocycles. The molecule has 0 atom stereocenters. The van der Waals surface area contributed by atoms with Gasteiger partial charge in [0.25, 0.3) is 5.91 Å². The summed E-state index contributed by atoms with van der Waals surface area (Å²) in [5, 5.41) is 0. The van der Waals surface area contributed by atoms with Gasteiger partial charge in [0, 0.05) is 24.8 Å². The minimum Gasteiger partial charge on any atom is -0.438 e. The zero-order valence-electron chi connectivity index (χ0n) is 15.4. The van der Waals surface area contributed by atoms with E-state index in [-0.39, 0.29) is 11.7 Å². The van der Waals surface area contributed by atoms with Crippen LogP contribution in [0.3, 0.4) is 0 Å². The zero-order valence-corrected chi connectivity index (χ0v) is 15.4. The molecule has 1 aromatic carbocycles. The van der Waals surface area contributed by atoms with Crippen molar-refractivity contribution >= 4 is 5.91 Å². The molecule has 1 fully saturated rings. The van der Waals surface area contributed by atoms with Crippen LogP contribution in [0.1, 0.15) is 34.7 Å². The summed E-state index contributed by atoms with van der Waals surface area (Å²) >= 11 is 0. The summed E-state index contributed by atoms with van der Waals surface area (Å²) in [6.45, 7) is 1.82. The maximum absolute atomic E-state index is 12.5. The summed E-state index contributed by atoms with van der Waals surface area (Å²) in [5.41, 5.74) is 2.64. The third-order valence-electron chi connectivity index (χ3n) is 5.58. The van der Waals surface area contributed by atoms with E-state index in [9.17, 15) is 4.79 Å². The van der Waals surface area contributed by atoms with Gasteiger partial charge in [0.05, 0.1) is 18.5 Å². The first kappa shape index (κ1) is 17.1. The molecule has 2 aliphatic rings. The molecule has 0 unspecified atom stereocenters. The lowest BCUT2D eigenvalue weighted by atomic mass is 9.83. The molecule has 0 N–H and O–H groups in total. The highest BCUT2D eigenvalue weighted by Crippen LogP contribution is 2.41. The number of hydrogen-bond acceptors (Lipinski definition) is 6. The number of ether oxygens (including phenoxy) is 1. The highest BCUT2D eigenvalue weighted by atomic mass is 16.5. The van der Waals surface area contributed by atoms with E-state index in [2.05, 4.69) is 9.97 Å². The Balaban J connectivity index is 1.43. The fourth-order valence-corrected chi connectivity index (χ4v) is 4.06. The first-order valence-corrected chi connectivity index (χ1v) is 9.49. The third-order valence-corrected chi connectivity index (χ3v) is 5.58. The minimum absolute atomic E-state index is 0.129. The van der Waals surface area contributed by atoms with E-state index in [0.29, 0.717) is 38.4 Å². The van der Waals surface area contributed by atoms with Crippen LogP contribution in [-0.2, 0) is 16.8 Å². The molecule has 1 saturated heterocycles. The van der Waals surface area contributed by atoms with Crippen molar-refractivity contribution in [3.8, 4) is 11.4 Å². The number of carbonyl (C=O) groups is 1. The number of amides is 1. The van der Waals surface area contributed by atoms with Gasteiger partial charge in [-0.3, -0.25) is 4.79 Å². The van der Waals surface area contributed by atoms with Gasteiger partial charge in [-0.2, -0.15) is 0 Å². The lowest BCUT2D eigenvalue weighted by Gasteiger charge is -2.43. The molecule has 1 amide bonds. The number of rotatable bonds is 2. The summed E-state index contributed by atoms with van der Waals surface area (Å²) < 4.78 is 11.4. The summed E-state index contributed by atoms with van der Waals surface area (Å²) in [7, 11) is 0. The average Bonchev–Trinajstić information content (AvgIpc) is 3.30. The summed E-state index contributed by atoms with van der Waals surface area (Å²) in [5.74, 6) is 0.857. The SMILES string of the molecule is O=C(c1cnco1)N1CCC2(CC1)OCCc1cnc(-c3ccccc3)nc12. The van der Waals surface area contributed by atoms with E-state index < -0.39 is 5.60 Å². The molecule has 2 aromatic heterocycles. The monoisotopic (exact) mass is 376 g/mol. The Morgan fingerprint density at radius 2 is 1.93 bits per heavy atom. The van der Waals surface area contributed by atoms with Crippen LogP contribution in [-0.4, -0.2) is 45.5 Å². The predicted molar refractivity (Wildman–Crippen MR) is 100 cm³/mol. The van der Waals surface area contributed by atoms with Crippen molar-refractivity contribution in [1.29, 1.82) is 0 Å². The largest absolute Gasteiger partial charge is 0.438 e. The molecule has 0 radical (unpaired) electrons. The number of carbonyl (C=O) groups excluding carboxylic acids is 1. The summed E-state index contributed by atoms with van der Waals surface area (Å²) in [4.78, 5) is 27.6. The van der Waals surface area contributed by atoms with E-state index in [1.165, 1.54) is 12.6 Å². The van der Waals surface area contributed by atoms with Gasteiger partial charge in [-0.25, -0.2) is 15.0 Å². The van der Waals surface area contributed by atoms with E-state index in [1.807, 2.05) is 36.5 Å². The minimum atomic E-state index is -0.460. The van der Waals surface area contributed by atoms with Crippen molar-refractivity contribution < 1.29 is 13.9 Å². The number of fused-ring (bicyclic) bond motifs is 2. The lowest BCUT2D eigenvalue weighted by molar-refractivity contribution is -0.0968. The molecule has 0 bridgehead atoms. The molecule has 2 aliphatic heterocycles. The topological polar surface area (TPSA) is 81.4 Å². The Morgan fingerprint density at radius 1 is 1.11 bits per heavy atom. The summed E-state index contributed by atoms with van der Waals surface area (Å²) in [6, 6.07) is 9.97. The van der Waals surface area contributed by atoms with E-state index in [1.54, 1.807) is 4.90 Å².